The number of fused-ring (bicyclic) bond motifs is 1. The largest absolute Gasteiger partial charge is 0.490 e. The van der Waals surface area contributed by atoms with Crippen LogP contribution < -0.4 is 4.74 Å². The van der Waals surface area contributed by atoms with Crippen LogP contribution in [0.15, 0.2) is 36.5 Å². The van der Waals surface area contributed by atoms with Crippen LogP contribution in [0, 0.1) is 24.0 Å². The Bertz CT molecular complexity index is 884. The molecule has 22 heavy (non-hydrogen) atoms. The van der Waals surface area contributed by atoms with Gasteiger partial charge in [0, 0.05) is 23.5 Å². The maximum atomic E-state index is 11.2. The van der Waals surface area contributed by atoms with E-state index >= 15 is 0 Å². The van der Waals surface area contributed by atoms with Crippen molar-refractivity contribution in [3.05, 3.63) is 57.9 Å². The third-order valence-electron chi connectivity index (χ3n) is 3.67. The highest BCUT2D eigenvalue weighted by Gasteiger charge is 2.18. The van der Waals surface area contributed by atoms with Crippen LogP contribution in [-0.4, -0.2) is 21.4 Å². The average Bonchev–Trinajstić information content (AvgIpc) is 2.82. The van der Waals surface area contributed by atoms with E-state index < -0.39 is 4.92 Å². The van der Waals surface area contributed by atoms with Gasteiger partial charge in [-0.2, -0.15) is 0 Å². The van der Waals surface area contributed by atoms with Crippen molar-refractivity contribution in [2.45, 2.75) is 13.8 Å². The molecule has 0 unspecified atom stereocenters. The predicted octanol–water partition coefficient (Wildman–Crippen LogP) is 3.53. The Labute approximate surface area is 127 Å². The van der Waals surface area contributed by atoms with E-state index in [9.17, 15) is 10.1 Å². The summed E-state index contributed by atoms with van der Waals surface area (Å²) >= 11 is 0. The van der Waals surface area contributed by atoms with Crippen molar-refractivity contribution in [3.63, 3.8) is 0 Å². The molecule has 2 heterocycles. The van der Waals surface area contributed by atoms with Crippen molar-refractivity contribution in [3.8, 4) is 17.0 Å². The molecule has 6 heteroatoms. The molecule has 112 valence electrons. The Morgan fingerprint density at radius 1 is 1.23 bits per heavy atom. The zero-order valence-corrected chi connectivity index (χ0v) is 12.5. The quantitative estimate of drug-likeness (QED) is 0.547. The zero-order chi connectivity index (χ0) is 15.9. The lowest BCUT2D eigenvalue weighted by molar-refractivity contribution is -0.385. The summed E-state index contributed by atoms with van der Waals surface area (Å²) < 4.78 is 7.01. The summed E-state index contributed by atoms with van der Waals surface area (Å²) in [5, 5.41) is 11.2. The number of nitro benzene ring substituents is 1. The van der Waals surface area contributed by atoms with E-state index in [-0.39, 0.29) is 11.4 Å². The first-order chi connectivity index (χ1) is 10.5. The highest BCUT2D eigenvalue weighted by Crippen LogP contribution is 2.33. The van der Waals surface area contributed by atoms with Gasteiger partial charge in [0.25, 0.3) is 0 Å². The summed E-state index contributed by atoms with van der Waals surface area (Å²) in [4.78, 5) is 15.3. The molecule has 0 atom stereocenters. The smallest absolute Gasteiger partial charge is 0.311 e. The number of rotatable bonds is 3. The van der Waals surface area contributed by atoms with Gasteiger partial charge < -0.3 is 9.14 Å². The molecular formula is C16H15N3O3. The molecule has 3 aromatic rings. The molecule has 0 aliphatic carbocycles. The second-order valence-electron chi connectivity index (χ2n) is 5.12. The fourth-order valence-electron chi connectivity index (χ4n) is 2.52. The van der Waals surface area contributed by atoms with Gasteiger partial charge in [-0.1, -0.05) is 0 Å². The number of aromatic nitrogens is 2. The molecule has 2 aromatic heterocycles. The Morgan fingerprint density at radius 2 is 2.00 bits per heavy atom. The van der Waals surface area contributed by atoms with Crippen LogP contribution in [0.4, 0.5) is 5.69 Å². The minimum absolute atomic E-state index is 0.0624. The van der Waals surface area contributed by atoms with Crippen LogP contribution in [0.3, 0.4) is 0 Å². The first-order valence-electron chi connectivity index (χ1n) is 6.79. The number of pyridine rings is 1. The Hall–Kier alpha value is -2.89. The summed E-state index contributed by atoms with van der Waals surface area (Å²) in [7, 11) is 1.42. The number of nitro groups is 1. The third kappa shape index (κ3) is 2.18. The van der Waals surface area contributed by atoms with Crippen molar-refractivity contribution in [2.75, 3.05) is 7.11 Å². The number of methoxy groups -OCH3 is 1. The molecule has 0 saturated carbocycles. The fourth-order valence-corrected chi connectivity index (χ4v) is 2.52. The molecule has 1 aromatic carbocycles. The number of ether oxygens (including phenoxy) is 1. The first-order valence-corrected chi connectivity index (χ1v) is 6.79. The van der Waals surface area contributed by atoms with E-state index in [2.05, 4.69) is 4.98 Å². The van der Waals surface area contributed by atoms with Crippen molar-refractivity contribution < 1.29 is 9.66 Å². The number of benzene rings is 1. The molecule has 0 radical (unpaired) electrons. The molecule has 0 saturated heterocycles. The fraction of sp³-hybridized carbons (Fsp3) is 0.188. The monoisotopic (exact) mass is 297 g/mol. The minimum Gasteiger partial charge on any atom is -0.490 e. The number of nitrogens with zero attached hydrogens (tertiary/aromatic N) is 3. The van der Waals surface area contributed by atoms with E-state index in [0.717, 1.165) is 22.6 Å². The molecule has 0 spiro atoms. The lowest BCUT2D eigenvalue weighted by atomic mass is 10.1. The van der Waals surface area contributed by atoms with Gasteiger partial charge in [0.15, 0.2) is 5.75 Å². The van der Waals surface area contributed by atoms with Crippen molar-refractivity contribution in [1.29, 1.82) is 0 Å². The summed E-state index contributed by atoms with van der Waals surface area (Å²) in [5.41, 5.74) is 4.25. The van der Waals surface area contributed by atoms with Gasteiger partial charge in [0.05, 0.1) is 17.7 Å². The maximum absolute atomic E-state index is 11.2. The van der Waals surface area contributed by atoms with Crippen molar-refractivity contribution >= 4 is 11.3 Å². The van der Waals surface area contributed by atoms with Crippen LogP contribution in [0.5, 0.6) is 5.75 Å². The lowest BCUT2D eigenvalue weighted by Gasteiger charge is -2.04. The molecule has 6 nitrogen and oxygen atoms in total. The molecule has 0 fully saturated rings. The Balaban J connectivity index is 2.21. The van der Waals surface area contributed by atoms with Crippen LogP contribution in [0.25, 0.3) is 16.9 Å². The third-order valence-corrected chi connectivity index (χ3v) is 3.67. The maximum Gasteiger partial charge on any atom is 0.311 e. The molecule has 0 aliphatic heterocycles. The van der Waals surface area contributed by atoms with Gasteiger partial charge in [-0.05, 0) is 43.7 Å². The SMILES string of the molecule is COc1ccc(-c2nc3cc(C)ccn3c2C)cc1[N+](=O)[O-]. The van der Waals surface area contributed by atoms with Gasteiger partial charge >= 0.3 is 5.69 Å². The summed E-state index contributed by atoms with van der Waals surface area (Å²) in [6, 6.07) is 8.87. The second kappa shape index (κ2) is 5.14. The minimum atomic E-state index is -0.447. The molecule has 3 rings (SSSR count). The standard InChI is InChI=1S/C16H15N3O3/c1-10-6-7-18-11(2)16(17-15(18)8-10)12-4-5-14(22-3)13(9-12)19(20)21/h4-9H,1-3H3. The van der Waals surface area contributed by atoms with E-state index in [0.29, 0.717) is 5.56 Å². The Kier molecular flexibility index (Phi) is 3.29. The normalized spacial score (nSPS) is 10.9. The molecule has 0 amide bonds. The zero-order valence-electron chi connectivity index (χ0n) is 12.5. The van der Waals surface area contributed by atoms with E-state index in [1.54, 1.807) is 12.1 Å². The predicted molar refractivity (Wildman–Crippen MR) is 83.3 cm³/mol. The number of imidazole rings is 1. The Morgan fingerprint density at radius 3 is 2.68 bits per heavy atom. The molecule has 0 N–H and O–H groups in total. The highest BCUT2D eigenvalue weighted by atomic mass is 16.6. The van der Waals surface area contributed by atoms with E-state index in [1.807, 2.05) is 36.6 Å². The molecule has 0 aliphatic rings. The van der Waals surface area contributed by atoms with Gasteiger partial charge in [0.2, 0.25) is 0 Å². The summed E-state index contributed by atoms with van der Waals surface area (Å²) in [6.45, 7) is 3.95. The van der Waals surface area contributed by atoms with Crippen LogP contribution in [0.2, 0.25) is 0 Å². The van der Waals surface area contributed by atoms with Gasteiger partial charge in [-0.3, -0.25) is 10.1 Å². The van der Waals surface area contributed by atoms with Crippen LogP contribution in [-0.2, 0) is 0 Å². The number of hydrogen-bond donors (Lipinski definition) is 0. The number of hydrogen-bond acceptors (Lipinski definition) is 4. The molecule has 0 bridgehead atoms. The van der Waals surface area contributed by atoms with Crippen molar-refractivity contribution in [2.24, 2.45) is 0 Å². The second-order valence-corrected chi connectivity index (χ2v) is 5.12. The van der Waals surface area contributed by atoms with Crippen LogP contribution >= 0.6 is 0 Å². The highest BCUT2D eigenvalue weighted by molar-refractivity contribution is 5.70. The van der Waals surface area contributed by atoms with E-state index in [1.165, 1.54) is 13.2 Å². The molecular weight excluding hydrogens is 282 g/mol. The number of aryl methyl sites for hydroxylation is 2. The summed E-state index contributed by atoms with van der Waals surface area (Å²) in [5.74, 6) is 0.242. The lowest BCUT2D eigenvalue weighted by Crippen LogP contribution is -1.94. The average molecular weight is 297 g/mol. The van der Waals surface area contributed by atoms with Gasteiger partial charge in [-0.25, -0.2) is 4.98 Å². The topological polar surface area (TPSA) is 69.7 Å². The van der Waals surface area contributed by atoms with Crippen LogP contribution in [0.1, 0.15) is 11.3 Å². The summed E-state index contributed by atoms with van der Waals surface area (Å²) in [6.07, 6.45) is 1.95. The van der Waals surface area contributed by atoms with E-state index in [4.69, 9.17) is 4.74 Å². The first kappa shape index (κ1) is 14.1. The van der Waals surface area contributed by atoms with Gasteiger partial charge in [0.1, 0.15) is 5.65 Å². The van der Waals surface area contributed by atoms with Gasteiger partial charge in [-0.15, -0.1) is 0 Å². The van der Waals surface area contributed by atoms with Crippen molar-refractivity contribution in [1.82, 2.24) is 9.38 Å².